The molecule has 170 valence electrons. The topological polar surface area (TPSA) is 134 Å². The van der Waals surface area contributed by atoms with Crippen LogP contribution in [0.4, 0.5) is 0 Å². The number of hydrogen-bond acceptors (Lipinski definition) is 7. The van der Waals surface area contributed by atoms with Gasteiger partial charge in [0, 0.05) is 25.7 Å². The van der Waals surface area contributed by atoms with Gasteiger partial charge in [0.2, 0.25) is 10.0 Å². The second-order valence-electron chi connectivity index (χ2n) is 7.40. The predicted octanol–water partition coefficient (Wildman–Crippen LogP) is 0.577. The SMILES string of the molecule is COc1ccc(C(CNS(=O)(=O)c2ccc3[nH]c(=O)[nH]c(=O)c3c2)N2CCOCC2)cc1. The molecule has 4 rings (SSSR count). The van der Waals surface area contributed by atoms with E-state index in [0.29, 0.717) is 26.3 Å². The number of ether oxygens (including phenoxy) is 2. The van der Waals surface area contributed by atoms with Crippen LogP contribution in [0.25, 0.3) is 10.9 Å². The van der Waals surface area contributed by atoms with Gasteiger partial charge in [-0.2, -0.15) is 0 Å². The van der Waals surface area contributed by atoms with Gasteiger partial charge in [0.25, 0.3) is 5.56 Å². The van der Waals surface area contributed by atoms with Gasteiger partial charge < -0.3 is 14.5 Å². The van der Waals surface area contributed by atoms with E-state index < -0.39 is 21.3 Å². The van der Waals surface area contributed by atoms with E-state index in [4.69, 9.17) is 9.47 Å². The quantitative estimate of drug-likeness (QED) is 0.470. The van der Waals surface area contributed by atoms with E-state index in [-0.39, 0.29) is 28.4 Å². The van der Waals surface area contributed by atoms with Crippen molar-refractivity contribution in [2.24, 2.45) is 0 Å². The molecule has 11 heteroatoms. The van der Waals surface area contributed by atoms with Crippen LogP contribution in [0.3, 0.4) is 0 Å². The van der Waals surface area contributed by atoms with E-state index in [2.05, 4.69) is 19.6 Å². The smallest absolute Gasteiger partial charge is 0.326 e. The normalized spacial score (nSPS) is 16.2. The molecule has 1 atom stereocenters. The number of benzene rings is 2. The maximum absolute atomic E-state index is 13.0. The Morgan fingerprint density at radius 1 is 1.09 bits per heavy atom. The Hall–Kier alpha value is -2.99. The lowest BCUT2D eigenvalue weighted by Gasteiger charge is -2.35. The van der Waals surface area contributed by atoms with Crippen molar-refractivity contribution < 1.29 is 17.9 Å². The molecule has 1 aliphatic heterocycles. The van der Waals surface area contributed by atoms with Crippen LogP contribution in [0.2, 0.25) is 0 Å². The molecule has 0 amide bonds. The van der Waals surface area contributed by atoms with Crippen molar-refractivity contribution in [1.82, 2.24) is 19.6 Å². The number of methoxy groups -OCH3 is 1. The molecule has 0 radical (unpaired) electrons. The average molecular weight is 461 g/mol. The number of nitrogens with one attached hydrogen (secondary N) is 3. The van der Waals surface area contributed by atoms with Crippen LogP contribution in [-0.4, -0.2) is 63.2 Å². The predicted molar refractivity (Wildman–Crippen MR) is 119 cm³/mol. The third kappa shape index (κ3) is 4.75. The van der Waals surface area contributed by atoms with Gasteiger partial charge in [-0.15, -0.1) is 0 Å². The van der Waals surface area contributed by atoms with Crippen molar-refractivity contribution in [3.8, 4) is 5.75 Å². The first-order valence-corrected chi connectivity index (χ1v) is 11.6. The zero-order chi connectivity index (χ0) is 22.7. The van der Waals surface area contributed by atoms with Gasteiger partial charge >= 0.3 is 5.69 Å². The second-order valence-corrected chi connectivity index (χ2v) is 9.17. The summed E-state index contributed by atoms with van der Waals surface area (Å²) in [6.45, 7) is 2.64. The first kappa shape index (κ1) is 22.2. The fourth-order valence-electron chi connectivity index (χ4n) is 3.76. The molecule has 1 aliphatic rings. The van der Waals surface area contributed by atoms with Crippen LogP contribution in [-0.2, 0) is 14.8 Å². The number of fused-ring (bicyclic) bond motifs is 1. The van der Waals surface area contributed by atoms with Crippen LogP contribution in [0, 0.1) is 0 Å². The zero-order valence-corrected chi connectivity index (χ0v) is 18.3. The summed E-state index contributed by atoms with van der Waals surface area (Å²) >= 11 is 0. The zero-order valence-electron chi connectivity index (χ0n) is 17.5. The molecule has 0 aliphatic carbocycles. The van der Waals surface area contributed by atoms with Crippen LogP contribution >= 0.6 is 0 Å². The lowest BCUT2D eigenvalue weighted by atomic mass is 10.0. The summed E-state index contributed by atoms with van der Waals surface area (Å²) in [5, 5.41) is 0.0901. The van der Waals surface area contributed by atoms with Crippen molar-refractivity contribution in [3.63, 3.8) is 0 Å². The number of sulfonamides is 1. The van der Waals surface area contributed by atoms with Gasteiger partial charge in [0.1, 0.15) is 5.75 Å². The summed E-state index contributed by atoms with van der Waals surface area (Å²) in [6, 6.07) is 11.3. The molecule has 3 aromatic rings. The van der Waals surface area contributed by atoms with Gasteiger partial charge in [0.05, 0.1) is 36.1 Å². The molecule has 2 heterocycles. The third-order valence-electron chi connectivity index (χ3n) is 5.47. The van der Waals surface area contributed by atoms with Crippen molar-refractivity contribution in [3.05, 3.63) is 68.9 Å². The monoisotopic (exact) mass is 460 g/mol. The summed E-state index contributed by atoms with van der Waals surface area (Å²) in [5.41, 5.74) is -0.0839. The average Bonchev–Trinajstić information content (AvgIpc) is 2.80. The van der Waals surface area contributed by atoms with E-state index in [1.807, 2.05) is 24.3 Å². The molecule has 1 saturated heterocycles. The molecule has 0 saturated carbocycles. The van der Waals surface area contributed by atoms with Crippen molar-refractivity contribution >= 4 is 20.9 Å². The summed E-state index contributed by atoms with van der Waals surface area (Å²) in [5.74, 6) is 0.717. The molecule has 0 spiro atoms. The summed E-state index contributed by atoms with van der Waals surface area (Å²) in [4.78, 5) is 30.2. The highest BCUT2D eigenvalue weighted by Gasteiger charge is 2.25. The highest BCUT2D eigenvalue weighted by Crippen LogP contribution is 2.24. The van der Waals surface area contributed by atoms with Crippen LogP contribution in [0.15, 0.2) is 56.9 Å². The standard InChI is InChI=1S/C21H24N4O6S/c1-30-15-4-2-14(3-5-15)19(25-8-10-31-11-9-25)13-22-32(28,29)16-6-7-18-17(12-16)20(26)24-21(27)23-18/h2-7,12,19,22H,8-11,13H2,1H3,(H2,23,24,26,27). The number of rotatable bonds is 7. The lowest BCUT2D eigenvalue weighted by molar-refractivity contribution is 0.0172. The molecule has 10 nitrogen and oxygen atoms in total. The fraction of sp³-hybridized carbons (Fsp3) is 0.333. The number of aromatic amines is 2. The Bertz CT molecular complexity index is 1310. The van der Waals surface area contributed by atoms with Crippen LogP contribution < -0.4 is 20.7 Å². The Kier molecular flexibility index (Phi) is 6.42. The second kappa shape index (κ2) is 9.25. The molecule has 1 aromatic heterocycles. The Morgan fingerprint density at radius 2 is 1.81 bits per heavy atom. The Balaban J connectivity index is 1.60. The lowest BCUT2D eigenvalue weighted by Crippen LogP contribution is -2.43. The van der Waals surface area contributed by atoms with Crippen molar-refractivity contribution in [1.29, 1.82) is 0 Å². The highest BCUT2D eigenvalue weighted by molar-refractivity contribution is 7.89. The maximum Gasteiger partial charge on any atom is 0.326 e. The minimum atomic E-state index is -3.91. The minimum Gasteiger partial charge on any atom is -0.497 e. The summed E-state index contributed by atoms with van der Waals surface area (Å²) < 4.78 is 39.4. The van der Waals surface area contributed by atoms with E-state index in [1.165, 1.54) is 18.2 Å². The van der Waals surface area contributed by atoms with Crippen molar-refractivity contribution in [2.75, 3.05) is 40.0 Å². The highest BCUT2D eigenvalue weighted by atomic mass is 32.2. The largest absolute Gasteiger partial charge is 0.497 e. The molecule has 1 fully saturated rings. The maximum atomic E-state index is 13.0. The van der Waals surface area contributed by atoms with Crippen LogP contribution in [0.5, 0.6) is 5.75 Å². The van der Waals surface area contributed by atoms with Gasteiger partial charge in [-0.05, 0) is 35.9 Å². The Morgan fingerprint density at radius 3 is 2.50 bits per heavy atom. The van der Waals surface area contributed by atoms with E-state index in [1.54, 1.807) is 7.11 Å². The summed E-state index contributed by atoms with van der Waals surface area (Å²) in [6.07, 6.45) is 0. The van der Waals surface area contributed by atoms with Gasteiger partial charge in [-0.25, -0.2) is 17.9 Å². The van der Waals surface area contributed by atoms with Gasteiger partial charge in [-0.1, -0.05) is 12.1 Å². The van der Waals surface area contributed by atoms with Crippen molar-refractivity contribution in [2.45, 2.75) is 10.9 Å². The number of nitrogens with zero attached hydrogens (tertiary/aromatic N) is 1. The number of aromatic nitrogens is 2. The van der Waals surface area contributed by atoms with Gasteiger partial charge in [0.15, 0.2) is 0 Å². The molecule has 0 bridgehead atoms. The third-order valence-corrected chi connectivity index (χ3v) is 6.90. The first-order valence-electron chi connectivity index (χ1n) is 10.1. The summed E-state index contributed by atoms with van der Waals surface area (Å²) in [7, 11) is -2.32. The number of hydrogen-bond donors (Lipinski definition) is 3. The van der Waals surface area contributed by atoms with E-state index in [0.717, 1.165) is 11.3 Å². The molecule has 1 unspecified atom stereocenters. The molecule has 2 aromatic carbocycles. The van der Waals surface area contributed by atoms with Crippen LogP contribution in [0.1, 0.15) is 11.6 Å². The number of H-pyrrole nitrogens is 2. The molecule has 32 heavy (non-hydrogen) atoms. The number of morpholine rings is 1. The fourth-order valence-corrected chi connectivity index (χ4v) is 4.82. The van der Waals surface area contributed by atoms with E-state index >= 15 is 0 Å². The molecular weight excluding hydrogens is 436 g/mol. The van der Waals surface area contributed by atoms with Gasteiger partial charge in [-0.3, -0.25) is 14.7 Å². The van der Waals surface area contributed by atoms with E-state index in [9.17, 15) is 18.0 Å². The Labute approximate surface area is 184 Å². The minimum absolute atomic E-state index is 0.0574. The molecular formula is C21H24N4O6S. The molecule has 3 N–H and O–H groups in total. The first-order chi connectivity index (χ1) is 15.4.